The number of hydrogen-bond acceptors (Lipinski definition) is 4. The second-order valence-corrected chi connectivity index (χ2v) is 6.34. The van der Waals surface area contributed by atoms with E-state index in [0.29, 0.717) is 6.04 Å². The fourth-order valence-corrected chi connectivity index (χ4v) is 3.10. The highest BCUT2D eigenvalue weighted by atomic mass is 15.2. The molecule has 1 aliphatic heterocycles. The molecule has 0 saturated carbocycles. The maximum Gasteiger partial charge on any atom is 0.129 e. The van der Waals surface area contributed by atoms with Crippen molar-refractivity contribution in [1.29, 1.82) is 0 Å². The van der Waals surface area contributed by atoms with Gasteiger partial charge < -0.3 is 5.32 Å². The number of nitrogens with zero attached hydrogens (tertiary/aromatic N) is 3. The Labute approximate surface area is 132 Å². The van der Waals surface area contributed by atoms with Crippen molar-refractivity contribution in [2.75, 3.05) is 18.4 Å². The largest absolute Gasteiger partial charge is 0.366 e. The molecule has 1 aliphatic rings. The number of rotatable bonds is 4. The third-order valence-electron chi connectivity index (χ3n) is 4.32. The SMILES string of the molecule is Cc1ccc(CN2CCC(Nc3cc(C)ncn3)C2)c(C)c1. The molecule has 22 heavy (non-hydrogen) atoms. The molecule has 116 valence electrons. The van der Waals surface area contributed by atoms with E-state index in [4.69, 9.17) is 0 Å². The van der Waals surface area contributed by atoms with Gasteiger partial charge in [0.15, 0.2) is 0 Å². The van der Waals surface area contributed by atoms with Crippen molar-refractivity contribution in [3.8, 4) is 0 Å². The van der Waals surface area contributed by atoms with Crippen LogP contribution >= 0.6 is 0 Å². The first-order valence-electron chi connectivity index (χ1n) is 7.94. The number of anilines is 1. The molecule has 1 fully saturated rings. The quantitative estimate of drug-likeness (QED) is 0.941. The van der Waals surface area contributed by atoms with Crippen molar-refractivity contribution in [2.45, 2.75) is 39.8 Å². The monoisotopic (exact) mass is 296 g/mol. The molecule has 4 heteroatoms. The number of likely N-dealkylation sites (tertiary alicyclic amines) is 1. The highest BCUT2D eigenvalue weighted by Crippen LogP contribution is 2.19. The van der Waals surface area contributed by atoms with E-state index in [0.717, 1.165) is 37.6 Å². The summed E-state index contributed by atoms with van der Waals surface area (Å²) in [6, 6.07) is 9.22. The second kappa shape index (κ2) is 6.44. The van der Waals surface area contributed by atoms with E-state index in [1.165, 1.54) is 16.7 Å². The zero-order valence-electron chi connectivity index (χ0n) is 13.6. The van der Waals surface area contributed by atoms with Gasteiger partial charge in [0, 0.05) is 37.4 Å². The number of aromatic nitrogens is 2. The van der Waals surface area contributed by atoms with E-state index >= 15 is 0 Å². The summed E-state index contributed by atoms with van der Waals surface area (Å²) >= 11 is 0. The summed E-state index contributed by atoms with van der Waals surface area (Å²) in [5, 5.41) is 3.53. The number of hydrogen-bond donors (Lipinski definition) is 1. The molecule has 2 aromatic rings. The van der Waals surface area contributed by atoms with Crippen LogP contribution in [0.15, 0.2) is 30.6 Å². The van der Waals surface area contributed by atoms with Gasteiger partial charge in [-0.15, -0.1) is 0 Å². The van der Waals surface area contributed by atoms with Gasteiger partial charge in [-0.1, -0.05) is 23.8 Å². The molecule has 0 radical (unpaired) electrons. The van der Waals surface area contributed by atoms with Crippen LogP contribution in [0.2, 0.25) is 0 Å². The lowest BCUT2D eigenvalue weighted by Gasteiger charge is -2.18. The third-order valence-corrected chi connectivity index (χ3v) is 4.32. The minimum Gasteiger partial charge on any atom is -0.366 e. The van der Waals surface area contributed by atoms with Gasteiger partial charge in [-0.2, -0.15) is 0 Å². The van der Waals surface area contributed by atoms with E-state index < -0.39 is 0 Å². The van der Waals surface area contributed by atoms with Crippen molar-refractivity contribution in [2.24, 2.45) is 0 Å². The topological polar surface area (TPSA) is 41.0 Å². The maximum atomic E-state index is 4.30. The summed E-state index contributed by atoms with van der Waals surface area (Å²) in [6.45, 7) is 9.58. The molecule has 0 aliphatic carbocycles. The molecule has 0 bridgehead atoms. The molecule has 1 aromatic heterocycles. The van der Waals surface area contributed by atoms with Gasteiger partial charge >= 0.3 is 0 Å². The fraction of sp³-hybridized carbons (Fsp3) is 0.444. The summed E-state index contributed by atoms with van der Waals surface area (Å²) < 4.78 is 0. The standard InChI is InChI=1S/C18H24N4/c1-13-4-5-16(14(2)8-13)10-22-7-6-17(11-22)21-18-9-15(3)19-12-20-18/h4-5,8-9,12,17H,6-7,10-11H2,1-3H3,(H,19,20,21). The fourth-order valence-electron chi connectivity index (χ4n) is 3.10. The van der Waals surface area contributed by atoms with E-state index in [9.17, 15) is 0 Å². The molecule has 1 N–H and O–H groups in total. The lowest BCUT2D eigenvalue weighted by atomic mass is 10.1. The first-order valence-corrected chi connectivity index (χ1v) is 7.94. The second-order valence-electron chi connectivity index (χ2n) is 6.34. The molecule has 2 heterocycles. The van der Waals surface area contributed by atoms with Gasteiger partial charge in [-0.3, -0.25) is 4.90 Å². The Hall–Kier alpha value is -1.94. The zero-order valence-corrected chi connectivity index (χ0v) is 13.6. The molecule has 1 saturated heterocycles. The molecule has 1 aromatic carbocycles. The first-order chi connectivity index (χ1) is 10.6. The molecule has 0 spiro atoms. The number of nitrogens with one attached hydrogen (secondary N) is 1. The van der Waals surface area contributed by atoms with Crippen molar-refractivity contribution < 1.29 is 0 Å². The normalized spacial score (nSPS) is 18.6. The molecular formula is C18H24N4. The smallest absolute Gasteiger partial charge is 0.129 e. The predicted octanol–water partition coefficient (Wildman–Crippen LogP) is 3.09. The summed E-state index contributed by atoms with van der Waals surface area (Å²) in [6.07, 6.45) is 2.79. The van der Waals surface area contributed by atoms with Crippen LogP contribution in [0.3, 0.4) is 0 Å². The Kier molecular flexibility index (Phi) is 4.39. The average molecular weight is 296 g/mol. The Bertz CT molecular complexity index is 653. The third kappa shape index (κ3) is 3.63. The van der Waals surface area contributed by atoms with E-state index in [-0.39, 0.29) is 0 Å². The van der Waals surface area contributed by atoms with Crippen LogP contribution in [0, 0.1) is 20.8 Å². The Balaban J connectivity index is 1.58. The minimum absolute atomic E-state index is 0.472. The predicted molar refractivity (Wildman–Crippen MR) is 90.0 cm³/mol. The zero-order chi connectivity index (χ0) is 15.5. The molecular weight excluding hydrogens is 272 g/mol. The molecule has 1 atom stereocenters. The molecule has 4 nitrogen and oxygen atoms in total. The van der Waals surface area contributed by atoms with Gasteiger partial charge in [-0.05, 0) is 38.3 Å². The first kappa shape index (κ1) is 15.0. The van der Waals surface area contributed by atoms with Gasteiger partial charge in [-0.25, -0.2) is 9.97 Å². The van der Waals surface area contributed by atoms with Crippen molar-refractivity contribution >= 4 is 5.82 Å². The van der Waals surface area contributed by atoms with Crippen LogP contribution in [-0.4, -0.2) is 34.0 Å². The molecule has 3 rings (SSSR count). The molecule has 0 amide bonds. The number of benzene rings is 1. The maximum absolute atomic E-state index is 4.30. The molecule has 1 unspecified atom stereocenters. The van der Waals surface area contributed by atoms with Crippen LogP contribution in [0.25, 0.3) is 0 Å². The van der Waals surface area contributed by atoms with Crippen LogP contribution in [0.1, 0.15) is 28.8 Å². The van der Waals surface area contributed by atoms with Crippen LogP contribution < -0.4 is 5.32 Å². The lowest BCUT2D eigenvalue weighted by Crippen LogP contribution is -2.26. The summed E-state index contributed by atoms with van der Waals surface area (Å²) in [5.74, 6) is 0.936. The van der Waals surface area contributed by atoms with Crippen molar-refractivity contribution in [1.82, 2.24) is 14.9 Å². The van der Waals surface area contributed by atoms with E-state index in [1.807, 2.05) is 13.0 Å². The summed E-state index contributed by atoms with van der Waals surface area (Å²) in [7, 11) is 0. The van der Waals surface area contributed by atoms with Crippen molar-refractivity contribution in [3.05, 3.63) is 53.0 Å². The van der Waals surface area contributed by atoms with Crippen LogP contribution in [0.5, 0.6) is 0 Å². The van der Waals surface area contributed by atoms with Crippen LogP contribution in [-0.2, 0) is 6.54 Å². The summed E-state index contributed by atoms with van der Waals surface area (Å²) in [5.41, 5.74) is 5.16. The highest BCUT2D eigenvalue weighted by Gasteiger charge is 2.23. The Morgan fingerprint density at radius 2 is 2.05 bits per heavy atom. The van der Waals surface area contributed by atoms with Crippen molar-refractivity contribution in [3.63, 3.8) is 0 Å². The lowest BCUT2D eigenvalue weighted by molar-refractivity contribution is 0.328. The van der Waals surface area contributed by atoms with Gasteiger partial charge in [0.05, 0.1) is 0 Å². The van der Waals surface area contributed by atoms with Gasteiger partial charge in [0.1, 0.15) is 12.1 Å². The Morgan fingerprint density at radius 3 is 2.82 bits per heavy atom. The van der Waals surface area contributed by atoms with Crippen LogP contribution in [0.4, 0.5) is 5.82 Å². The average Bonchev–Trinajstić information content (AvgIpc) is 2.89. The van der Waals surface area contributed by atoms with E-state index in [1.54, 1.807) is 6.33 Å². The van der Waals surface area contributed by atoms with E-state index in [2.05, 4.69) is 52.2 Å². The minimum atomic E-state index is 0.472. The van der Waals surface area contributed by atoms with Gasteiger partial charge in [0.25, 0.3) is 0 Å². The Morgan fingerprint density at radius 1 is 1.18 bits per heavy atom. The number of aryl methyl sites for hydroxylation is 3. The highest BCUT2D eigenvalue weighted by molar-refractivity contribution is 5.36. The van der Waals surface area contributed by atoms with Gasteiger partial charge in [0.2, 0.25) is 0 Å². The summed E-state index contributed by atoms with van der Waals surface area (Å²) in [4.78, 5) is 11.0.